The van der Waals surface area contributed by atoms with Gasteiger partial charge in [-0.3, -0.25) is 0 Å². The van der Waals surface area contributed by atoms with Gasteiger partial charge in [-0.2, -0.15) is 0 Å². The molecule has 0 spiro atoms. The van der Waals surface area contributed by atoms with Gasteiger partial charge >= 0.3 is 0 Å². The highest BCUT2D eigenvalue weighted by molar-refractivity contribution is 6.31. The van der Waals surface area contributed by atoms with Crippen molar-refractivity contribution in [2.75, 3.05) is 6.54 Å². The van der Waals surface area contributed by atoms with Crippen molar-refractivity contribution in [3.63, 3.8) is 0 Å². The average molecular weight is 235 g/mol. The molecule has 1 aromatic rings. The Morgan fingerprint density at radius 1 is 1.43 bits per heavy atom. The van der Waals surface area contributed by atoms with Crippen molar-refractivity contribution in [1.82, 2.24) is 0 Å². The minimum Gasteiger partial charge on any atom is -0.330 e. The van der Waals surface area contributed by atoms with Crippen LogP contribution in [0.15, 0.2) is 18.2 Å². The quantitative estimate of drug-likeness (QED) is 0.845. The van der Waals surface area contributed by atoms with E-state index in [9.17, 15) is 0 Å². The molecule has 2 nitrogen and oxygen atoms in total. The van der Waals surface area contributed by atoms with Crippen LogP contribution < -0.4 is 11.5 Å². The number of hydrogen-bond acceptors (Lipinski definition) is 2. The number of benzene rings is 1. The molecule has 1 aromatic carbocycles. The van der Waals surface area contributed by atoms with Crippen LogP contribution >= 0.6 is 24.0 Å². The summed E-state index contributed by atoms with van der Waals surface area (Å²) < 4.78 is 0. The Labute approximate surface area is 96.0 Å². The number of hydrogen-bond donors (Lipinski definition) is 2. The molecule has 1 atom stereocenters. The van der Waals surface area contributed by atoms with Crippen LogP contribution in [0.1, 0.15) is 23.6 Å². The van der Waals surface area contributed by atoms with Gasteiger partial charge in [0.15, 0.2) is 0 Å². The summed E-state index contributed by atoms with van der Waals surface area (Å²) in [6.45, 7) is 2.60. The fourth-order valence-corrected chi connectivity index (χ4v) is 1.80. The van der Waals surface area contributed by atoms with Crippen molar-refractivity contribution in [3.05, 3.63) is 34.3 Å². The number of nitrogens with two attached hydrogens (primary N) is 2. The maximum Gasteiger partial charge on any atom is 0.0456 e. The Morgan fingerprint density at radius 2 is 2.07 bits per heavy atom. The van der Waals surface area contributed by atoms with Gasteiger partial charge in [0.2, 0.25) is 0 Å². The topological polar surface area (TPSA) is 52.0 Å². The summed E-state index contributed by atoms with van der Waals surface area (Å²) in [5, 5.41) is 0.737. The van der Waals surface area contributed by atoms with Crippen LogP contribution in [0.2, 0.25) is 5.02 Å². The molecule has 0 bridgehead atoms. The summed E-state index contributed by atoms with van der Waals surface area (Å²) in [6.07, 6.45) is 0.768. The van der Waals surface area contributed by atoms with Gasteiger partial charge in [-0.05, 0) is 37.1 Å². The molecule has 0 unspecified atom stereocenters. The van der Waals surface area contributed by atoms with Gasteiger partial charge in [-0.1, -0.05) is 23.7 Å². The molecule has 1 rings (SSSR count). The first kappa shape index (κ1) is 13.7. The lowest BCUT2D eigenvalue weighted by atomic mass is 9.99. The second kappa shape index (κ2) is 6.25. The third-order valence-corrected chi connectivity index (χ3v) is 2.45. The van der Waals surface area contributed by atoms with Crippen molar-refractivity contribution in [1.29, 1.82) is 0 Å². The zero-order chi connectivity index (χ0) is 9.84. The normalized spacial score (nSPS) is 12.0. The third-order valence-electron chi connectivity index (χ3n) is 2.12. The molecular formula is C10H16Cl2N2. The molecule has 14 heavy (non-hydrogen) atoms. The third kappa shape index (κ3) is 3.14. The molecule has 0 saturated carbocycles. The highest BCUT2D eigenvalue weighted by Crippen LogP contribution is 2.26. The standard InChI is InChI=1S/C10H15ClN2.ClH/c1-7-3-2-4-8(11)10(7)9(13)5-6-12;/h2-4,9H,5-6,12-13H2,1H3;1H/t9-;/m1./s1. The van der Waals surface area contributed by atoms with Crippen molar-refractivity contribution < 1.29 is 0 Å². The van der Waals surface area contributed by atoms with E-state index in [4.69, 9.17) is 23.1 Å². The first-order valence-corrected chi connectivity index (χ1v) is 4.75. The van der Waals surface area contributed by atoms with Crippen LogP contribution in [0.5, 0.6) is 0 Å². The number of aryl methyl sites for hydroxylation is 1. The van der Waals surface area contributed by atoms with Crippen LogP contribution in [-0.2, 0) is 0 Å². The Morgan fingerprint density at radius 3 is 2.57 bits per heavy atom. The summed E-state index contributed by atoms with van der Waals surface area (Å²) in [5.74, 6) is 0. The number of rotatable bonds is 3. The van der Waals surface area contributed by atoms with Crippen molar-refractivity contribution >= 4 is 24.0 Å². The predicted molar refractivity (Wildman–Crippen MR) is 64.0 cm³/mol. The van der Waals surface area contributed by atoms with E-state index in [2.05, 4.69) is 0 Å². The second-order valence-corrected chi connectivity index (χ2v) is 3.56. The van der Waals surface area contributed by atoms with Gasteiger partial charge in [0.05, 0.1) is 0 Å². The van der Waals surface area contributed by atoms with E-state index in [0.29, 0.717) is 6.54 Å². The van der Waals surface area contributed by atoms with Crippen LogP contribution in [0.25, 0.3) is 0 Å². The highest BCUT2D eigenvalue weighted by Gasteiger charge is 2.11. The largest absolute Gasteiger partial charge is 0.330 e. The van der Waals surface area contributed by atoms with Gasteiger partial charge in [0.1, 0.15) is 0 Å². The molecule has 0 heterocycles. The molecule has 80 valence electrons. The first-order valence-electron chi connectivity index (χ1n) is 4.37. The summed E-state index contributed by atoms with van der Waals surface area (Å²) in [4.78, 5) is 0. The van der Waals surface area contributed by atoms with Crippen LogP contribution in [0.4, 0.5) is 0 Å². The fraction of sp³-hybridized carbons (Fsp3) is 0.400. The molecular weight excluding hydrogens is 219 g/mol. The molecule has 0 aliphatic carbocycles. The van der Waals surface area contributed by atoms with Crippen LogP contribution in [-0.4, -0.2) is 6.54 Å². The number of halogens is 2. The van der Waals surface area contributed by atoms with E-state index in [-0.39, 0.29) is 18.4 Å². The zero-order valence-electron chi connectivity index (χ0n) is 8.16. The van der Waals surface area contributed by atoms with Gasteiger partial charge < -0.3 is 11.5 Å². The van der Waals surface area contributed by atoms with Crippen molar-refractivity contribution in [2.24, 2.45) is 11.5 Å². The Bertz CT molecular complexity index is 269. The summed E-state index contributed by atoms with van der Waals surface area (Å²) in [7, 11) is 0. The van der Waals surface area contributed by atoms with E-state index >= 15 is 0 Å². The van der Waals surface area contributed by atoms with Gasteiger partial charge in [0.25, 0.3) is 0 Å². The SMILES string of the molecule is Cc1cccc(Cl)c1[C@H](N)CCN.Cl. The molecule has 4 heteroatoms. The maximum atomic E-state index is 6.04. The summed E-state index contributed by atoms with van der Waals surface area (Å²) in [6, 6.07) is 5.76. The lowest BCUT2D eigenvalue weighted by molar-refractivity contribution is 0.658. The van der Waals surface area contributed by atoms with E-state index in [1.165, 1.54) is 0 Å². The minimum absolute atomic E-state index is 0. The smallest absolute Gasteiger partial charge is 0.0456 e. The minimum atomic E-state index is -0.0429. The van der Waals surface area contributed by atoms with Gasteiger partial charge in [-0.15, -0.1) is 12.4 Å². The fourth-order valence-electron chi connectivity index (χ4n) is 1.44. The van der Waals surface area contributed by atoms with Crippen molar-refractivity contribution in [3.8, 4) is 0 Å². The first-order chi connectivity index (χ1) is 6.16. The van der Waals surface area contributed by atoms with Crippen LogP contribution in [0.3, 0.4) is 0 Å². The molecule has 0 aliphatic rings. The summed E-state index contributed by atoms with van der Waals surface area (Å²) >= 11 is 6.04. The Kier molecular flexibility index (Phi) is 6.12. The lowest BCUT2D eigenvalue weighted by Gasteiger charge is -2.15. The monoisotopic (exact) mass is 234 g/mol. The van der Waals surface area contributed by atoms with Crippen LogP contribution in [0, 0.1) is 6.92 Å². The van der Waals surface area contributed by atoms with Gasteiger partial charge in [-0.25, -0.2) is 0 Å². The molecule has 0 fully saturated rings. The van der Waals surface area contributed by atoms with E-state index in [1.807, 2.05) is 25.1 Å². The van der Waals surface area contributed by atoms with Gasteiger partial charge in [0, 0.05) is 11.1 Å². The molecule has 0 aromatic heterocycles. The zero-order valence-corrected chi connectivity index (χ0v) is 9.74. The molecule has 0 saturated heterocycles. The average Bonchev–Trinajstić information content (AvgIpc) is 2.04. The molecule has 0 amide bonds. The molecule has 0 radical (unpaired) electrons. The summed E-state index contributed by atoms with van der Waals surface area (Å²) in [5.41, 5.74) is 13.5. The predicted octanol–water partition coefficient (Wildman–Crippen LogP) is 2.42. The highest BCUT2D eigenvalue weighted by atomic mass is 35.5. The van der Waals surface area contributed by atoms with E-state index < -0.39 is 0 Å². The molecule has 0 aliphatic heterocycles. The Balaban J connectivity index is 0.00000169. The molecule has 4 N–H and O–H groups in total. The van der Waals surface area contributed by atoms with E-state index in [1.54, 1.807) is 0 Å². The Hall–Kier alpha value is -0.280. The second-order valence-electron chi connectivity index (χ2n) is 3.15. The van der Waals surface area contributed by atoms with Crippen molar-refractivity contribution in [2.45, 2.75) is 19.4 Å². The lowest BCUT2D eigenvalue weighted by Crippen LogP contribution is -2.16. The maximum absolute atomic E-state index is 6.04. The van der Waals surface area contributed by atoms with E-state index in [0.717, 1.165) is 22.6 Å².